The number of aromatic nitrogens is 2. The minimum Gasteiger partial charge on any atom is -0.436 e. The molecule has 0 saturated carbocycles. The number of nitrogens with two attached hydrogens (primary N) is 1. The Hall–Kier alpha value is -2.20. The van der Waals surface area contributed by atoms with E-state index in [0.29, 0.717) is 11.6 Å². The molecule has 0 aliphatic rings. The van der Waals surface area contributed by atoms with Crippen LogP contribution in [0.4, 0.5) is 5.69 Å². The van der Waals surface area contributed by atoms with Crippen LogP contribution in [-0.4, -0.2) is 9.78 Å². The van der Waals surface area contributed by atoms with Crippen molar-refractivity contribution in [3.8, 4) is 11.6 Å². The maximum absolute atomic E-state index is 5.79. The smallest absolute Gasteiger partial charge is 0.261 e. The number of rotatable bonds is 2. The van der Waals surface area contributed by atoms with Crippen LogP contribution in [0.3, 0.4) is 0 Å². The molecule has 4 nitrogen and oxygen atoms in total. The normalized spacial score (nSPS) is 10.2. The third kappa shape index (κ3) is 2.63. The second-order valence-corrected chi connectivity index (χ2v) is 4.17. The van der Waals surface area contributed by atoms with Gasteiger partial charge in [0.15, 0.2) is 0 Å². The van der Waals surface area contributed by atoms with Gasteiger partial charge >= 0.3 is 0 Å². The van der Waals surface area contributed by atoms with Gasteiger partial charge in [-0.05, 0) is 22.9 Å². The Labute approximate surface area is 117 Å². The quantitative estimate of drug-likeness (QED) is 0.780. The van der Waals surface area contributed by atoms with Crippen LogP contribution >= 0.6 is 12.4 Å². The molecular weight excluding hydrogens is 262 g/mol. The third-order valence-corrected chi connectivity index (χ3v) is 2.76. The summed E-state index contributed by atoms with van der Waals surface area (Å²) in [5.74, 6) is 1.17. The number of anilines is 1. The largest absolute Gasteiger partial charge is 0.436 e. The molecule has 0 amide bonds. The summed E-state index contributed by atoms with van der Waals surface area (Å²) in [7, 11) is 1.81. The number of aryl methyl sites for hydroxylation is 1. The first kappa shape index (κ1) is 13.2. The van der Waals surface area contributed by atoms with E-state index in [1.54, 1.807) is 10.9 Å². The molecule has 0 aliphatic carbocycles. The van der Waals surface area contributed by atoms with Crippen molar-refractivity contribution in [1.29, 1.82) is 0 Å². The topological polar surface area (TPSA) is 53.1 Å². The first-order valence-corrected chi connectivity index (χ1v) is 5.68. The summed E-state index contributed by atoms with van der Waals surface area (Å²) in [5, 5.41) is 6.46. The number of hydrogen-bond donors (Lipinski definition) is 1. The number of nitrogens with zero attached hydrogens (tertiary/aromatic N) is 2. The van der Waals surface area contributed by atoms with Gasteiger partial charge in [-0.3, -0.25) is 4.68 Å². The molecule has 1 aromatic heterocycles. The zero-order valence-corrected chi connectivity index (χ0v) is 11.2. The highest BCUT2D eigenvalue weighted by Gasteiger charge is 2.06. The zero-order chi connectivity index (χ0) is 12.5. The van der Waals surface area contributed by atoms with Gasteiger partial charge in [0.2, 0.25) is 0 Å². The molecule has 0 bridgehead atoms. The molecule has 0 atom stereocenters. The second kappa shape index (κ2) is 5.20. The van der Waals surface area contributed by atoms with E-state index in [1.807, 2.05) is 43.4 Å². The van der Waals surface area contributed by atoms with Gasteiger partial charge in [-0.2, -0.15) is 0 Å². The number of fused-ring (bicyclic) bond motifs is 1. The molecule has 98 valence electrons. The van der Waals surface area contributed by atoms with E-state index in [1.165, 1.54) is 5.39 Å². The minimum atomic E-state index is 0. The molecule has 0 fully saturated rings. The van der Waals surface area contributed by atoms with Crippen LogP contribution in [-0.2, 0) is 7.05 Å². The maximum atomic E-state index is 5.79. The SMILES string of the molecule is Cl.Cn1cc(N)c(Oc2ccc3ccccc3c2)n1. The average molecular weight is 276 g/mol. The van der Waals surface area contributed by atoms with Crippen molar-refractivity contribution < 1.29 is 4.74 Å². The summed E-state index contributed by atoms with van der Waals surface area (Å²) in [5.41, 5.74) is 6.33. The van der Waals surface area contributed by atoms with Crippen LogP contribution in [0.5, 0.6) is 11.6 Å². The van der Waals surface area contributed by atoms with Crippen molar-refractivity contribution in [3.63, 3.8) is 0 Å². The van der Waals surface area contributed by atoms with Crippen molar-refractivity contribution in [1.82, 2.24) is 9.78 Å². The number of ether oxygens (including phenoxy) is 1. The van der Waals surface area contributed by atoms with E-state index in [2.05, 4.69) is 11.2 Å². The summed E-state index contributed by atoms with van der Waals surface area (Å²) in [4.78, 5) is 0. The molecule has 2 N–H and O–H groups in total. The van der Waals surface area contributed by atoms with E-state index in [9.17, 15) is 0 Å². The molecule has 0 unspecified atom stereocenters. The van der Waals surface area contributed by atoms with E-state index in [0.717, 1.165) is 11.1 Å². The van der Waals surface area contributed by atoms with Crippen LogP contribution in [0.2, 0.25) is 0 Å². The maximum Gasteiger partial charge on any atom is 0.261 e. The molecule has 5 heteroatoms. The Balaban J connectivity index is 0.00000133. The molecule has 3 rings (SSSR count). The Bertz CT molecular complexity index is 709. The zero-order valence-electron chi connectivity index (χ0n) is 10.4. The summed E-state index contributed by atoms with van der Waals surface area (Å²) in [6.45, 7) is 0. The lowest BCUT2D eigenvalue weighted by atomic mass is 10.1. The van der Waals surface area contributed by atoms with Crippen LogP contribution in [0, 0.1) is 0 Å². The summed E-state index contributed by atoms with van der Waals surface area (Å²) in [6.07, 6.45) is 1.72. The van der Waals surface area contributed by atoms with Crippen molar-refractivity contribution in [2.24, 2.45) is 7.05 Å². The van der Waals surface area contributed by atoms with Gasteiger partial charge < -0.3 is 10.5 Å². The van der Waals surface area contributed by atoms with Crippen LogP contribution in [0.1, 0.15) is 0 Å². The van der Waals surface area contributed by atoms with Gasteiger partial charge in [0.05, 0.1) is 6.20 Å². The minimum absolute atomic E-state index is 0. The highest BCUT2D eigenvalue weighted by molar-refractivity contribution is 5.85. The number of benzene rings is 2. The van der Waals surface area contributed by atoms with Crippen molar-refractivity contribution in [2.45, 2.75) is 0 Å². The highest BCUT2D eigenvalue weighted by atomic mass is 35.5. The van der Waals surface area contributed by atoms with E-state index in [-0.39, 0.29) is 12.4 Å². The van der Waals surface area contributed by atoms with E-state index < -0.39 is 0 Å². The molecule has 1 heterocycles. The first-order valence-electron chi connectivity index (χ1n) is 5.68. The van der Waals surface area contributed by atoms with Crippen molar-refractivity contribution in [3.05, 3.63) is 48.7 Å². The lowest BCUT2D eigenvalue weighted by Gasteiger charge is -2.04. The molecule has 3 aromatic rings. The van der Waals surface area contributed by atoms with Crippen LogP contribution < -0.4 is 10.5 Å². The van der Waals surface area contributed by atoms with Crippen LogP contribution in [0.25, 0.3) is 10.8 Å². The molecule has 0 radical (unpaired) electrons. The standard InChI is InChI=1S/C14H13N3O.ClH/c1-17-9-13(15)14(16-17)18-12-7-6-10-4-2-3-5-11(10)8-12;/h2-9H,15H2,1H3;1H. The predicted octanol–water partition coefficient (Wildman–Crippen LogP) is 3.37. The molecule has 2 aromatic carbocycles. The Morgan fingerprint density at radius 1 is 1.11 bits per heavy atom. The molecule has 0 saturated heterocycles. The van der Waals surface area contributed by atoms with Gasteiger partial charge in [-0.25, -0.2) is 0 Å². The third-order valence-electron chi connectivity index (χ3n) is 2.76. The predicted molar refractivity (Wildman–Crippen MR) is 78.9 cm³/mol. The van der Waals surface area contributed by atoms with Gasteiger partial charge in [-0.15, -0.1) is 17.5 Å². The fourth-order valence-electron chi connectivity index (χ4n) is 1.91. The Morgan fingerprint density at radius 3 is 2.53 bits per heavy atom. The number of halogens is 1. The first-order chi connectivity index (χ1) is 8.72. The highest BCUT2D eigenvalue weighted by Crippen LogP contribution is 2.27. The number of hydrogen-bond acceptors (Lipinski definition) is 3. The summed E-state index contributed by atoms with van der Waals surface area (Å²) in [6, 6.07) is 14.0. The molecular formula is C14H14ClN3O. The van der Waals surface area contributed by atoms with Gasteiger partial charge in [0, 0.05) is 7.05 Å². The monoisotopic (exact) mass is 275 g/mol. The van der Waals surface area contributed by atoms with E-state index in [4.69, 9.17) is 10.5 Å². The fourth-order valence-corrected chi connectivity index (χ4v) is 1.91. The lowest BCUT2D eigenvalue weighted by Crippen LogP contribution is -1.91. The summed E-state index contributed by atoms with van der Waals surface area (Å²) < 4.78 is 7.31. The number of nitrogen functional groups attached to an aromatic ring is 1. The van der Waals surface area contributed by atoms with Crippen molar-refractivity contribution >= 4 is 28.9 Å². The Kier molecular flexibility index (Phi) is 3.62. The van der Waals surface area contributed by atoms with Crippen molar-refractivity contribution in [2.75, 3.05) is 5.73 Å². The fraction of sp³-hybridized carbons (Fsp3) is 0.0714. The lowest BCUT2D eigenvalue weighted by molar-refractivity contribution is 0.456. The molecule has 19 heavy (non-hydrogen) atoms. The molecule has 0 spiro atoms. The van der Waals surface area contributed by atoms with Gasteiger partial charge in [0.1, 0.15) is 11.4 Å². The average Bonchev–Trinajstić information content (AvgIpc) is 2.68. The molecule has 0 aliphatic heterocycles. The summed E-state index contributed by atoms with van der Waals surface area (Å²) >= 11 is 0. The van der Waals surface area contributed by atoms with Gasteiger partial charge in [-0.1, -0.05) is 30.3 Å². The van der Waals surface area contributed by atoms with Gasteiger partial charge in [0.25, 0.3) is 5.88 Å². The van der Waals surface area contributed by atoms with E-state index >= 15 is 0 Å². The van der Waals surface area contributed by atoms with Crippen LogP contribution in [0.15, 0.2) is 48.7 Å². The second-order valence-electron chi connectivity index (χ2n) is 4.17. The Morgan fingerprint density at radius 2 is 1.84 bits per heavy atom.